The number of hydrogen-bond acceptors (Lipinski definition) is 8. The molecule has 1 rings (SSSR count). The highest BCUT2D eigenvalue weighted by Crippen LogP contribution is 2.12. The average molecular weight is 487 g/mol. The minimum Gasteiger partial charge on any atom is -0.508 e. The number of aromatic hydroxyl groups is 1. The topological polar surface area (TPSA) is 171 Å². The van der Waals surface area contributed by atoms with E-state index in [9.17, 15) is 29.4 Å². The van der Waals surface area contributed by atoms with Crippen molar-refractivity contribution < 1.29 is 29.4 Å². The Balaban J connectivity index is 2.97. The summed E-state index contributed by atoms with van der Waals surface area (Å²) in [5.41, 5.74) is 6.22. The first-order valence-corrected chi connectivity index (χ1v) is 11.9. The molecule has 0 aliphatic heterocycles. The number of nitrogens with one attached hydrogen (secondary N) is 3. The molecule has 178 valence electrons. The minimum absolute atomic E-state index is 0.0404. The van der Waals surface area contributed by atoms with Crippen molar-refractivity contribution in [1.82, 2.24) is 16.0 Å². The molecule has 3 amide bonds. The van der Waals surface area contributed by atoms with Gasteiger partial charge in [0, 0.05) is 12.2 Å². The smallest absolute Gasteiger partial charge is 0.326 e. The van der Waals surface area contributed by atoms with Gasteiger partial charge in [-0.2, -0.15) is 24.4 Å². The Kier molecular flexibility index (Phi) is 12.0. The van der Waals surface area contributed by atoms with Crippen molar-refractivity contribution in [2.45, 2.75) is 43.9 Å². The third kappa shape index (κ3) is 9.37. The van der Waals surface area contributed by atoms with Crippen LogP contribution in [0.25, 0.3) is 0 Å². The first-order valence-electron chi connectivity index (χ1n) is 9.86. The second-order valence-electron chi connectivity index (χ2n) is 7.13. The van der Waals surface area contributed by atoms with Gasteiger partial charge in [-0.3, -0.25) is 14.4 Å². The number of amides is 3. The van der Waals surface area contributed by atoms with E-state index >= 15 is 0 Å². The zero-order valence-electron chi connectivity index (χ0n) is 17.9. The molecule has 7 N–H and O–H groups in total. The van der Waals surface area contributed by atoms with E-state index in [0.29, 0.717) is 11.3 Å². The monoisotopic (exact) mass is 486 g/mol. The molecule has 4 unspecified atom stereocenters. The highest BCUT2D eigenvalue weighted by molar-refractivity contribution is 7.98. The van der Waals surface area contributed by atoms with Gasteiger partial charge in [-0.25, -0.2) is 4.79 Å². The van der Waals surface area contributed by atoms with E-state index in [-0.39, 0.29) is 24.3 Å². The lowest BCUT2D eigenvalue weighted by Crippen LogP contribution is -2.57. The third-order valence-electron chi connectivity index (χ3n) is 4.52. The van der Waals surface area contributed by atoms with Crippen LogP contribution in [0.5, 0.6) is 5.75 Å². The highest BCUT2D eigenvalue weighted by Gasteiger charge is 2.28. The van der Waals surface area contributed by atoms with Crippen LogP contribution in [0.1, 0.15) is 18.9 Å². The van der Waals surface area contributed by atoms with Crippen LogP contribution in [-0.4, -0.2) is 75.8 Å². The summed E-state index contributed by atoms with van der Waals surface area (Å²) >= 11 is 5.39. The Morgan fingerprint density at radius 2 is 1.62 bits per heavy atom. The lowest BCUT2D eigenvalue weighted by Gasteiger charge is -2.24. The predicted molar refractivity (Wildman–Crippen MR) is 126 cm³/mol. The van der Waals surface area contributed by atoms with E-state index in [1.54, 1.807) is 12.1 Å². The summed E-state index contributed by atoms with van der Waals surface area (Å²) in [5, 5.41) is 26.3. The zero-order valence-corrected chi connectivity index (χ0v) is 19.6. The van der Waals surface area contributed by atoms with Gasteiger partial charge in [0.15, 0.2) is 0 Å². The molecule has 0 aromatic heterocycles. The maximum atomic E-state index is 12.9. The van der Waals surface area contributed by atoms with E-state index in [0.717, 1.165) is 0 Å². The van der Waals surface area contributed by atoms with Gasteiger partial charge in [0.25, 0.3) is 0 Å². The Hall–Kier alpha value is -2.44. The van der Waals surface area contributed by atoms with Gasteiger partial charge >= 0.3 is 5.97 Å². The van der Waals surface area contributed by atoms with Gasteiger partial charge in [0.1, 0.15) is 23.9 Å². The highest BCUT2D eigenvalue weighted by atomic mass is 32.2. The zero-order chi connectivity index (χ0) is 24.3. The summed E-state index contributed by atoms with van der Waals surface area (Å²) in [6.07, 6.45) is 2.09. The number of carboxylic acids is 1. The van der Waals surface area contributed by atoms with Gasteiger partial charge in [0.2, 0.25) is 17.7 Å². The number of carboxylic acid groups (broad SMARTS) is 1. The van der Waals surface area contributed by atoms with Crippen LogP contribution in [0.2, 0.25) is 0 Å². The molecule has 0 bridgehead atoms. The van der Waals surface area contributed by atoms with E-state index in [1.165, 1.54) is 30.8 Å². The van der Waals surface area contributed by atoms with Crippen LogP contribution in [-0.2, 0) is 25.6 Å². The van der Waals surface area contributed by atoms with E-state index < -0.39 is 47.9 Å². The molecule has 1 aromatic rings. The molecular weight excluding hydrogens is 456 g/mol. The lowest BCUT2D eigenvalue weighted by molar-refractivity contribution is -0.142. The summed E-state index contributed by atoms with van der Waals surface area (Å²) in [7, 11) is 0. The van der Waals surface area contributed by atoms with Gasteiger partial charge in [-0.05, 0) is 43.0 Å². The molecule has 0 aliphatic carbocycles. The molecule has 1 aromatic carbocycles. The molecule has 10 nitrogen and oxygen atoms in total. The van der Waals surface area contributed by atoms with Crippen molar-refractivity contribution in [3.05, 3.63) is 29.8 Å². The van der Waals surface area contributed by atoms with Crippen LogP contribution in [0, 0.1) is 0 Å². The lowest BCUT2D eigenvalue weighted by atomic mass is 10.0. The standard InChI is InChI=1S/C20H30N4O6S2/c1-11(22-18(27)14(21)10-31)17(26)24-16(9-12-3-5-13(25)6-4-12)19(28)23-15(20(29)30)7-8-32-2/h3-6,11,14-16,25,31H,7-10,21H2,1-2H3,(H,22,27)(H,23,28)(H,24,26)(H,29,30). The molecule has 12 heteroatoms. The molecule has 0 aliphatic rings. The van der Waals surface area contributed by atoms with Crippen LogP contribution in [0.15, 0.2) is 24.3 Å². The number of carbonyl (C=O) groups is 4. The van der Waals surface area contributed by atoms with Crippen molar-refractivity contribution >= 4 is 48.1 Å². The van der Waals surface area contributed by atoms with Gasteiger partial charge in [0.05, 0.1) is 6.04 Å². The molecule has 0 fully saturated rings. The molecule has 0 saturated heterocycles. The predicted octanol–water partition coefficient (Wildman–Crippen LogP) is -0.496. The van der Waals surface area contributed by atoms with Crippen LogP contribution >= 0.6 is 24.4 Å². The molecule has 0 heterocycles. The number of phenolic OH excluding ortho intramolecular Hbond substituents is 1. The van der Waals surface area contributed by atoms with Crippen LogP contribution < -0.4 is 21.7 Å². The normalized spacial score (nSPS) is 14.5. The molecule has 0 saturated carbocycles. The number of nitrogens with two attached hydrogens (primary N) is 1. The number of rotatable bonds is 13. The number of hydrogen-bond donors (Lipinski definition) is 7. The maximum absolute atomic E-state index is 12.9. The molecule has 4 atom stereocenters. The Bertz CT molecular complexity index is 793. The fraction of sp³-hybridized carbons (Fsp3) is 0.500. The summed E-state index contributed by atoms with van der Waals surface area (Å²) in [6, 6.07) is 1.94. The van der Waals surface area contributed by atoms with E-state index in [2.05, 4.69) is 28.6 Å². The Labute approximate surface area is 196 Å². The maximum Gasteiger partial charge on any atom is 0.326 e. The van der Waals surface area contributed by atoms with Crippen LogP contribution in [0.3, 0.4) is 0 Å². The quantitative estimate of drug-likeness (QED) is 0.183. The summed E-state index contributed by atoms with van der Waals surface area (Å²) in [4.78, 5) is 48.9. The number of carbonyl (C=O) groups excluding carboxylic acids is 3. The molecule has 32 heavy (non-hydrogen) atoms. The fourth-order valence-electron chi connectivity index (χ4n) is 2.61. The molecule has 0 radical (unpaired) electrons. The average Bonchev–Trinajstić information content (AvgIpc) is 2.76. The van der Waals surface area contributed by atoms with E-state index in [4.69, 9.17) is 5.73 Å². The first kappa shape index (κ1) is 27.6. The fourth-order valence-corrected chi connectivity index (χ4v) is 3.25. The van der Waals surface area contributed by atoms with Crippen molar-refractivity contribution in [2.24, 2.45) is 5.73 Å². The number of thiol groups is 1. The number of aliphatic carboxylic acids is 1. The van der Waals surface area contributed by atoms with Crippen molar-refractivity contribution in [3.8, 4) is 5.75 Å². The Morgan fingerprint density at radius 1 is 1.03 bits per heavy atom. The second kappa shape index (κ2) is 13.9. The van der Waals surface area contributed by atoms with Crippen LogP contribution in [0.4, 0.5) is 0 Å². The number of phenols is 1. The molecule has 0 spiro atoms. The largest absolute Gasteiger partial charge is 0.508 e. The molecular formula is C20H30N4O6S2. The van der Waals surface area contributed by atoms with Crippen molar-refractivity contribution in [2.75, 3.05) is 17.8 Å². The first-order chi connectivity index (χ1) is 15.1. The second-order valence-corrected chi connectivity index (χ2v) is 8.48. The van der Waals surface area contributed by atoms with Crippen molar-refractivity contribution in [1.29, 1.82) is 0 Å². The summed E-state index contributed by atoms with van der Waals surface area (Å²) < 4.78 is 0. The van der Waals surface area contributed by atoms with Gasteiger partial charge in [-0.1, -0.05) is 12.1 Å². The van der Waals surface area contributed by atoms with Gasteiger partial charge < -0.3 is 31.9 Å². The number of thioether (sulfide) groups is 1. The Morgan fingerprint density at radius 3 is 2.16 bits per heavy atom. The minimum atomic E-state index is -1.18. The third-order valence-corrected chi connectivity index (χ3v) is 5.56. The SMILES string of the molecule is CSCCC(NC(=O)C(Cc1ccc(O)cc1)NC(=O)C(C)NC(=O)C(N)CS)C(=O)O. The van der Waals surface area contributed by atoms with Crippen molar-refractivity contribution in [3.63, 3.8) is 0 Å². The number of benzene rings is 1. The summed E-state index contributed by atoms with van der Waals surface area (Å²) in [6.45, 7) is 1.44. The summed E-state index contributed by atoms with van der Waals surface area (Å²) in [5.74, 6) is -2.39. The van der Waals surface area contributed by atoms with Gasteiger partial charge in [-0.15, -0.1) is 0 Å². The van der Waals surface area contributed by atoms with E-state index in [1.807, 2.05) is 6.26 Å².